The molecule has 0 unspecified atom stereocenters. The molecule has 2 heterocycles. The maximum Gasteiger partial charge on any atom is 0.324 e. The van der Waals surface area contributed by atoms with E-state index in [0.717, 1.165) is 22.3 Å². The Morgan fingerprint density at radius 1 is 1.12 bits per heavy atom. The van der Waals surface area contributed by atoms with Crippen LogP contribution in [-0.4, -0.2) is 41.2 Å². The van der Waals surface area contributed by atoms with E-state index >= 15 is 0 Å². The van der Waals surface area contributed by atoms with Crippen LogP contribution in [0.3, 0.4) is 0 Å². The van der Waals surface area contributed by atoms with Crippen LogP contribution in [0.2, 0.25) is 0 Å². The maximum atomic E-state index is 13.1. The summed E-state index contributed by atoms with van der Waals surface area (Å²) in [5.74, 6) is 1.39. The average molecular weight is 436 g/mol. The Balaban J connectivity index is 1.44. The van der Waals surface area contributed by atoms with E-state index in [1.165, 1.54) is 0 Å². The Hall–Kier alpha value is -3.55. The molecule has 4 rings (SSSR count). The van der Waals surface area contributed by atoms with Crippen LogP contribution in [0, 0.1) is 5.92 Å². The number of aromatic nitrogens is 2. The predicted molar refractivity (Wildman–Crippen MR) is 124 cm³/mol. The van der Waals surface area contributed by atoms with Gasteiger partial charge in [-0.2, -0.15) is 0 Å². The molecular weight excluding hydrogens is 406 g/mol. The number of hydrogen-bond acceptors (Lipinski definition) is 4. The van der Waals surface area contributed by atoms with Crippen molar-refractivity contribution in [2.24, 2.45) is 5.92 Å². The molecular formula is C24H29N5O3. The van der Waals surface area contributed by atoms with Crippen molar-refractivity contribution >= 4 is 28.9 Å². The van der Waals surface area contributed by atoms with Crippen LogP contribution in [0.4, 0.5) is 10.7 Å². The van der Waals surface area contributed by atoms with Crippen LogP contribution in [0.5, 0.6) is 5.75 Å². The molecule has 0 radical (unpaired) electrons. The number of para-hydroxylation sites is 2. The summed E-state index contributed by atoms with van der Waals surface area (Å²) in [5, 5.41) is 5.87. The lowest BCUT2D eigenvalue weighted by Gasteiger charge is -2.23. The van der Waals surface area contributed by atoms with E-state index in [9.17, 15) is 9.59 Å². The van der Waals surface area contributed by atoms with Gasteiger partial charge in [0.05, 0.1) is 18.1 Å². The average Bonchev–Trinajstić information content (AvgIpc) is 3.36. The number of amides is 3. The zero-order chi connectivity index (χ0) is 22.7. The van der Waals surface area contributed by atoms with E-state index in [0.29, 0.717) is 32.0 Å². The molecule has 0 aliphatic carbocycles. The molecule has 168 valence electrons. The quantitative estimate of drug-likeness (QED) is 0.596. The lowest BCUT2D eigenvalue weighted by Crippen LogP contribution is -2.51. The molecule has 0 fully saturated rings. The van der Waals surface area contributed by atoms with Crippen molar-refractivity contribution < 1.29 is 14.3 Å². The number of benzene rings is 2. The van der Waals surface area contributed by atoms with Crippen molar-refractivity contribution in [3.63, 3.8) is 0 Å². The molecule has 1 aliphatic heterocycles. The summed E-state index contributed by atoms with van der Waals surface area (Å²) in [7, 11) is 1.61. The summed E-state index contributed by atoms with van der Waals surface area (Å²) in [6, 6.07) is 14.4. The molecule has 32 heavy (non-hydrogen) atoms. The summed E-state index contributed by atoms with van der Waals surface area (Å²) in [6.45, 7) is 5.63. The Bertz CT molecular complexity index is 1120. The van der Waals surface area contributed by atoms with Gasteiger partial charge in [0.15, 0.2) is 0 Å². The predicted octanol–water partition coefficient (Wildman–Crippen LogP) is 3.31. The SMILES string of the molecule is COc1cccc(CNC(=O)[C@H](CC(C)C)NC(=O)N2CCn3c2nc2ccccc23)c1. The molecule has 0 saturated heterocycles. The summed E-state index contributed by atoms with van der Waals surface area (Å²) in [4.78, 5) is 32.3. The lowest BCUT2D eigenvalue weighted by atomic mass is 10.0. The molecule has 8 heteroatoms. The highest BCUT2D eigenvalue weighted by molar-refractivity contribution is 5.96. The van der Waals surface area contributed by atoms with Crippen molar-refractivity contribution in [2.75, 3.05) is 18.6 Å². The second kappa shape index (κ2) is 9.30. The van der Waals surface area contributed by atoms with Crippen molar-refractivity contribution in [2.45, 2.75) is 39.4 Å². The van der Waals surface area contributed by atoms with Crippen molar-refractivity contribution in [1.29, 1.82) is 0 Å². The van der Waals surface area contributed by atoms with Crippen LogP contribution in [0.15, 0.2) is 48.5 Å². The Kier molecular flexibility index (Phi) is 6.30. The molecule has 1 aliphatic rings. The molecule has 2 aromatic carbocycles. The summed E-state index contributed by atoms with van der Waals surface area (Å²) in [5.41, 5.74) is 2.79. The molecule has 8 nitrogen and oxygen atoms in total. The lowest BCUT2D eigenvalue weighted by molar-refractivity contribution is -0.123. The number of fused-ring (bicyclic) bond motifs is 3. The largest absolute Gasteiger partial charge is 0.497 e. The Morgan fingerprint density at radius 2 is 1.94 bits per heavy atom. The van der Waals surface area contributed by atoms with Gasteiger partial charge < -0.3 is 19.9 Å². The number of rotatable bonds is 7. The molecule has 0 spiro atoms. The van der Waals surface area contributed by atoms with Gasteiger partial charge in [-0.1, -0.05) is 38.1 Å². The van der Waals surface area contributed by atoms with E-state index in [2.05, 4.69) is 15.6 Å². The van der Waals surface area contributed by atoms with Gasteiger partial charge in [-0.25, -0.2) is 9.78 Å². The third-order valence-corrected chi connectivity index (χ3v) is 5.59. The first-order valence-corrected chi connectivity index (χ1v) is 10.9. The van der Waals surface area contributed by atoms with E-state index in [-0.39, 0.29) is 17.9 Å². The standard InChI is InChI=1S/C24H29N5O3/c1-16(2)13-20(22(30)25-15-17-7-6-8-18(14-17)32-3)27-24(31)29-12-11-28-21-10-5-4-9-19(21)26-23(28)29/h4-10,14,16,20H,11-13,15H2,1-3H3,(H,25,30)(H,27,31)/t20-/m0/s1. The maximum absolute atomic E-state index is 13.1. The van der Waals surface area contributed by atoms with Gasteiger partial charge in [0.1, 0.15) is 11.8 Å². The third-order valence-electron chi connectivity index (χ3n) is 5.59. The Labute approximate surface area is 187 Å². The molecule has 3 aromatic rings. The molecule has 3 amide bonds. The van der Waals surface area contributed by atoms with Gasteiger partial charge in [-0.05, 0) is 42.2 Å². The summed E-state index contributed by atoms with van der Waals surface area (Å²) < 4.78 is 7.28. The number of methoxy groups -OCH3 is 1. The van der Waals surface area contributed by atoms with Crippen LogP contribution in [-0.2, 0) is 17.9 Å². The van der Waals surface area contributed by atoms with Crippen molar-refractivity contribution in [3.8, 4) is 5.75 Å². The fourth-order valence-corrected chi connectivity index (χ4v) is 4.01. The monoisotopic (exact) mass is 435 g/mol. The Morgan fingerprint density at radius 3 is 2.72 bits per heavy atom. The van der Waals surface area contributed by atoms with Crippen LogP contribution < -0.4 is 20.3 Å². The third kappa shape index (κ3) is 4.54. The number of anilines is 1. The van der Waals surface area contributed by atoms with E-state index in [1.807, 2.05) is 66.9 Å². The van der Waals surface area contributed by atoms with Crippen LogP contribution in [0.25, 0.3) is 11.0 Å². The van der Waals surface area contributed by atoms with Gasteiger partial charge in [0.25, 0.3) is 0 Å². The topological polar surface area (TPSA) is 88.5 Å². The van der Waals surface area contributed by atoms with Gasteiger partial charge >= 0.3 is 6.03 Å². The van der Waals surface area contributed by atoms with E-state index in [1.54, 1.807) is 12.0 Å². The zero-order valence-corrected chi connectivity index (χ0v) is 18.7. The minimum absolute atomic E-state index is 0.206. The number of imidazole rings is 1. The first-order chi connectivity index (χ1) is 15.5. The van der Waals surface area contributed by atoms with Crippen LogP contribution >= 0.6 is 0 Å². The summed E-state index contributed by atoms with van der Waals surface area (Å²) >= 11 is 0. The number of nitrogens with zero attached hydrogens (tertiary/aromatic N) is 3. The number of urea groups is 1. The highest BCUT2D eigenvalue weighted by atomic mass is 16.5. The number of ether oxygens (including phenoxy) is 1. The highest BCUT2D eigenvalue weighted by Gasteiger charge is 2.31. The van der Waals surface area contributed by atoms with E-state index in [4.69, 9.17) is 4.74 Å². The first kappa shape index (κ1) is 21.7. The molecule has 2 N–H and O–H groups in total. The normalized spacial score (nSPS) is 13.8. The smallest absolute Gasteiger partial charge is 0.324 e. The van der Waals surface area contributed by atoms with E-state index < -0.39 is 6.04 Å². The number of carbonyl (C=O) groups excluding carboxylic acids is 2. The van der Waals surface area contributed by atoms with Crippen molar-refractivity contribution in [3.05, 3.63) is 54.1 Å². The molecule has 0 bridgehead atoms. The summed E-state index contributed by atoms with van der Waals surface area (Å²) in [6.07, 6.45) is 0.542. The fourth-order valence-electron chi connectivity index (χ4n) is 4.01. The van der Waals surface area contributed by atoms with Gasteiger partial charge in [-0.15, -0.1) is 0 Å². The minimum atomic E-state index is -0.633. The molecule has 0 saturated carbocycles. The first-order valence-electron chi connectivity index (χ1n) is 10.9. The zero-order valence-electron chi connectivity index (χ0n) is 18.7. The highest BCUT2D eigenvalue weighted by Crippen LogP contribution is 2.27. The van der Waals surface area contributed by atoms with Crippen molar-refractivity contribution in [1.82, 2.24) is 20.2 Å². The van der Waals surface area contributed by atoms with Gasteiger partial charge in [0, 0.05) is 19.6 Å². The van der Waals surface area contributed by atoms with Gasteiger partial charge in [-0.3, -0.25) is 9.69 Å². The van der Waals surface area contributed by atoms with Crippen LogP contribution in [0.1, 0.15) is 25.8 Å². The number of carbonyl (C=O) groups is 2. The second-order valence-corrected chi connectivity index (χ2v) is 8.40. The minimum Gasteiger partial charge on any atom is -0.497 e. The molecule has 1 atom stereocenters. The van der Waals surface area contributed by atoms with Gasteiger partial charge in [0.2, 0.25) is 11.9 Å². The number of hydrogen-bond donors (Lipinski definition) is 2. The second-order valence-electron chi connectivity index (χ2n) is 8.40. The fraction of sp³-hybridized carbons (Fsp3) is 0.375. The number of nitrogens with one attached hydrogen (secondary N) is 2. The molecule has 1 aromatic heterocycles.